The van der Waals surface area contributed by atoms with E-state index >= 15 is 0 Å². The average molecular weight is 438 g/mol. The number of benzene rings is 2. The number of amides is 3. The van der Waals surface area contributed by atoms with Gasteiger partial charge in [-0.2, -0.15) is 0 Å². The average Bonchev–Trinajstić information content (AvgIpc) is 3.27. The highest BCUT2D eigenvalue weighted by Gasteiger charge is 2.42. The zero-order valence-corrected chi connectivity index (χ0v) is 18.2. The molecule has 2 aliphatic rings. The van der Waals surface area contributed by atoms with Gasteiger partial charge in [0.15, 0.2) is 0 Å². The normalized spacial score (nSPS) is 19.5. The van der Waals surface area contributed by atoms with Crippen molar-refractivity contribution in [2.24, 2.45) is 0 Å². The minimum atomic E-state index is -1.11. The van der Waals surface area contributed by atoms with Crippen molar-refractivity contribution < 1.29 is 18.8 Å². The Kier molecular flexibility index (Phi) is 6.53. The molecule has 1 N–H and O–H groups in total. The highest BCUT2D eigenvalue weighted by atomic mass is 19.1. The number of carbonyl (C=O) groups is 3. The van der Waals surface area contributed by atoms with Crippen LogP contribution in [-0.2, 0) is 20.9 Å². The van der Waals surface area contributed by atoms with Gasteiger partial charge in [0.25, 0.3) is 5.91 Å². The van der Waals surface area contributed by atoms with Crippen molar-refractivity contribution in [1.29, 1.82) is 0 Å². The van der Waals surface area contributed by atoms with E-state index in [4.69, 9.17) is 0 Å². The van der Waals surface area contributed by atoms with E-state index in [9.17, 15) is 18.8 Å². The van der Waals surface area contributed by atoms with E-state index in [2.05, 4.69) is 5.32 Å². The monoisotopic (exact) mass is 437 g/mol. The summed E-state index contributed by atoms with van der Waals surface area (Å²) in [6.45, 7) is 1.75. The summed E-state index contributed by atoms with van der Waals surface area (Å²) in [6, 6.07) is 12.7. The fourth-order valence-electron chi connectivity index (χ4n) is 4.50. The largest absolute Gasteiger partial charge is 0.352 e. The summed E-state index contributed by atoms with van der Waals surface area (Å²) in [5, 5.41) is 2.95. The number of hydrogen-bond donors (Lipinski definition) is 1. The van der Waals surface area contributed by atoms with Gasteiger partial charge in [-0.25, -0.2) is 4.39 Å². The lowest BCUT2D eigenvalue weighted by atomic mass is 9.99. The Bertz CT molecular complexity index is 1000. The molecule has 2 aromatic carbocycles. The number of rotatable bonds is 6. The molecule has 1 saturated carbocycles. The molecule has 3 amide bonds. The highest BCUT2D eigenvalue weighted by Crippen LogP contribution is 2.31. The molecule has 0 radical (unpaired) electrons. The van der Waals surface area contributed by atoms with Crippen molar-refractivity contribution in [2.75, 3.05) is 13.1 Å². The molecule has 7 heteroatoms. The molecule has 0 spiro atoms. The van der Waals surface area contributed by atoms with Gasteiger partial charge in [0, 0.05) is 18.2 Å². The molecular formula is C25H28FN3O3. The first-order valence-electron chi connectivity index (χ1n) is 11.1. The number of aryl methyl sites for hydroxylation is 1. The summed E-state index contributed by atoms with van der Waals surface area (Å²) in [5.74, 6) is -1.59. The third-order valence-electron chi connectivity index (χ3n) is 6.23. The molecule has 1 heterocycles. The van der Waals surface area contributed by atoms with Gasteiger partial charge in [0.1, 0.15) is 24.9 Å². The van der Waals surface area contributed by atoms with Crippen LogP contribution in [0.5, 0.6) is 0 Å². The quantitative estimate of drug-likeness (QED) is 0.755. The Morgan fingerprint density at radius 1 is 1.06 bits per heavy atom. The molecule has 1 aliphatic carbocycles. The maximum atomic E-state index is 14.7. The molecule has 0 aromatic heterocycles. The molecule has 32 heavy (non-hydrogen) atoms. The van der Waals surface area contributed by atoms with Crippen LogP contribution in [-0.4, -0.2) is 46.7 Å². The number of nitrogens with one attached hydrogen (secondary N) is 1. The summed E-state index contributed by atoms with van der Waals surface area (Å²) >= 11 is 0. The summed E-state index contributed by atoms with van der Waals surface area (Å²) in [5.41, 5.74) is 2.07. The smallest absolute Gasteiger partial charge is 0.251 e. The standard InChI is InChI=1S/C25H28FN3O3/c1-17-10-12-18(13-11-17)14-29-23(31)16-28(15-22(30)27-19-6-2-3-7-19)25(32)24(29)20-8-4-5-9-21(20)26/h4-5,8-13,19,24H,2-3,6-7,14-16H2,1H3,(H,27,30). The lowest BCUT2D eigenvalue weighted by molar-refractivity contribution is -0.158. The topological polar surface area (TPSA) is 69.7 Å². The molecule has 0 bridgehead atoms. The zero-order chi connectivity index (χ0) is 22.7. The van der Waals surface area contributed by atoms with Crippen LogP contribution >= 0.6 is 0 Å². The summed E-state index contributed by atoms with van der Waals surface area (Å²) < 4.78 is 14.7. The second-order valence-electron chi connectivity index (χ2n) is 8.67. The van der Waals surface area contributed by atoms with E-state index < -0.39 is 17.8 Å². The third kappa shape index (κ3) is 4.82. The fourth-order valence-corrected chi connectivity index (χ4v) is 4.50. The minimum absolute atomic E-state index is 0.124. The van der Waals surface area contributed by atoms with E-state index in [0.29, 0.717) is 0 Å². The Hall–Kier alpha value is -3.22. The van der Waals surface area contributed by atoms with Crippen LogP contribution in [0.4, 0.5) is 4.39 Å². The Morgan fingerprint density at radius 2 is 1.75 bits per heavy atom. The summed E-state index contributed by atoms with van der Waals surface area (Å²) in [4.78, 5) is 41.7. The van der Waals surface area contributed by atoms with Gasteiger partial charge in [-0.3, -0.25) is 14.4 Å². The molecule has 168 valence electrons. The van der Waals surface area contributed by atoms with Crippen molar-refractivity contribution in [2.45, 2.75) is 51.2 Å². The van der Waals surface area contributed by atoms with Crippen molar-refractivity contribution >= 4 is 17.7 Å². The molecule has 1 aliphatic heterocycles. The molecule has 4 rings (SSSR count). The summed E-state index contributed by atoms with van der Waals surface area (Å²) in [6.07, 6.45) is 4.02. The Morgan fingerprint density at radius 3 is 2.44 bits per heavy atom. The third-order valence-corrected chi connectivity index (χ3v) is 6.23. The predicted octanol–water partition coefficient (Wildman–Crippen LogP) is 3.11. The lowest BCUT2D eigenvalue weighted by Gasteiger charge is -2.40. The van der Waals surface area contributed by atoms with Gasteiger partial charge in [0.05, 0.1) is 0 Å². The van der Waals surface area contributed by atoms with Crippen molar-refractivity contribution in [1.82, 2.24) is 15.1 Å². The van der Waals surface area contributed by atoms with Crippen LogP contribution in [0, 0.1) is 12.7 Å². The number of halogens is 1. The van der Waals surface area contributed by atoms with Crippen molar-refractivity contribution in [3.63, 3.8) is 0 Å². The maximum Gasteiger partial charge on any atom is 0.251 e. The molecular weight excluding hydrogens is 409 g/mol. The van der Waals surface area contributed by atoms with Gasteiger partial charge in [-0.15, -0.1) is 0 Å². The van der Waals surface area contributed by atoms with Crippen LogP contribution in [0.1, 0.15) is 48.4 Å². The number of carbonyl (C=O) groups excluding carboxylic acids is 3. The van der Waals surface area contributed by atoms with Gasteiger partial charge in [-0.05, 0) is 31.4 Å². The van der Waals surface area contributed by atoms with Gasteiger partial charge in [-0.1, -0.05) is 60.9 Å². The number of piperazine rings is 1. The predicted molar refractivity (Wildman–Crippen MR) is 118 cm³/mol. The van der Waals surface area contributed by atoms with Crippen LogP contribution in [0.3, 0.4) is 0 Å². The second-order valence-corrected chi connectivity index (χ2v) is 8.67. The minimum Gasteiger partial charge on any atom is -0.352 e. The first kappa shape index (κ1) is 22.0. The maximum absolute atomic E-state index is 14.7. The highest BCUT2D eigenvalue weighted by molar-refractivity contribution is 5.97. The molecule has 2 aromatic rings. The van der Waals surface area contributed by atoms with E-state index in [1.54, 1.807) is 12.1 Å². The van der Waals surface area contributed by atoms with Crippen LogP contribution in [0.2, 0.25) is 0 Å². The first-order valence-corrected chi connectivity index (χ1v) is 11.1. The molecule has 1 atom stereocenters. The van der Waals surface area contributed by atoms with Gasteiger partial charge < -0.3 is 15.1 Å². The lowest BCUT2D eigenvalue weighted by Crippen LogP contribution is -2.57. The van der Waals surface area contributed by atoms with Gasteiger partial charge >= 0.3 is 0 Å². The molecule has 2 fully saturated rings. The van der Waals surface area contributed by atoms with Gasteiger partial charge in [0.2, 0.25) is 11.8 Å². The SMILES string of the molecule is Cc1ccc(CN2C(=O)CN(CC(=O)NC3CCCC3)C(=O)C2c2ccccc2F)cc1. The van der Waals surface area contributed by atoms with E-state index in [1.807, 2.05) is 31.2 Å². The second kappa shape index (κ2) is 9.51. The van der Waals surface area contributed by atoms with Crippen LogP contribution < -0.4 is 5.32 Å². The molecule has 1 saturated heterocycles. The van der Waals surface area contributed by atoms with Crippen molar-refractivity contribution in [3.8, 4) is 0 Å². The van der Waals surface area contributed by atoms with Crippen molar-refractivity contribution in [3.05, 3.63) is 71.0 Å². The Labute approximate surface area is 187 Å². The fraction of sp³-hybridized carbons (Fsp3) is 0.400. The van der Waals surface area contributed by atoms with Crippen LogP contribution in [0.25, 0.3) is 0 Å². The van der Waals surface area contributed by atoms with E-state index in [-0.39, 0.29) is 43.1 Å². The Balaban J connectivity index is 1.58. The molecule has 6 nitrogen and oxygen atoms in total. The van der Waals surface area contributed by atoms with E-state index in [0.717, 1.165) is 36.8 Å². The number of nitrogens with zero attached hydrogens (tertiary/aromatic N) is 2. The van der Waals surface area contributed by atoms with Crippen LogP contribution in [0.15, 0.2) is 48.5 Å². The van der Waals surface area contributed by atoms with E-state index in [1.165, 1.54) is 21.9 Å². The molecule has 1 unspecified atom stereocenters. The number of hydrogen-bond acceptors (Lipinski definition) is 3. The summed E-state index contributed by atoms with van der Waals surface area (Å²) in [7, 11) is 0. The zero-order valence-electron chi connectivity index (χ0n) is 18.2. The first-order chi connectivity index (χ1) is 15.4.